The Balaban J connectivity index is 2.73. The molecule has 0 amide bonds. The van der Waals surface area contributed by atoms with Crippen molar-refractivity contribution in [3.8, 4) is 17.3 Å². The predicted octanol–water partition coefficient (Wildman–Crippen LogP) is 0.727. The van der Waals surface area contributed by atoms with E-state index >= 15 is 0 Å². The molecule has 1 aromatic heterocycles. The van der Waals surface area contributed by atoms with Crippen molar-refractivity contribution >= 4 is 0 Å². The maximum absolute atomic E-state index is 11.6. The molecule has 0 unspecified atom stereocenters. The molecular formula is C12H9N3O2. The SMILES string of the molecule is N#CCn1c(-c2ccccc2)cc(=O)[nH]c1=O. The molecule has 0 aliphatic heterocycles. The van der Waals surface area contributed by atoms with Gasteiger partial charge in [0.15, 0.2) is 0 Å². The van der Waals surface area contributed by atoms with Gasteiger partial charge in [-0.05, 0) is 5.56 Å². The lowest BCUT2D eigenvalue weighted by atomic mass is 10.1. The zero-order valence-electron chi connectivity index (χ0n) is 8.88. The van der Waals surface area contributed by atoms with E-state index in [4.69, 9.17) is 5.26 Å². The van der Waals surface area contributed by atoms with Crippen LogP contribution >= 0.6 is 0 Å². The van der Waals surface area contributed by atoms with Crippen LogP contribution in [0.5, 0.6) is 0 Å². The Bertz CT molecular complexity index is 677. The molecule has 0 bridgehead atoms. The number of benzene rings is 1. The normalized spacial score (nSPS) is 9.82. The Morgan fingerprint density at radius 2 is 1.94 bits per heavy atom. The fourth-order valence-corrected chi connectivity index (χ4v) is 1.60. The maximum Gasteiger partial charge on any atom is 0.329 e. The second-order valence-electron chi connectivity index (χ2n) is 3.43. The second kappa shape index (κ2) is 4.49. The molecule has 1 N–H and O–H groups in total. The van der Waals surface area contributed by atoms with E-state index in [1.54, 1.807) is 24.3 Å². The Morgan fingerprint density at radius 1 is 1.24 bits per heavy atom. The van der Waals surface area contributed by atoms with E-state index in [9.17, 15) is 9.59 Å². The van der Waals surface area contributed by atoms with Gasteiger partial charge in [0, 0.05) is 6.07 Å². The first-order valence-corrected chi connectivity index (χ1v) is 4.99. The van der Waals surface area contributed by atoms with Crippen LogP contribution in [-0.4, -0.2) is 9.55 Å². The van der Waals surface area contributed by atoms with E-state index in [-0.39, 0.29) is 6.54 Å². The molecule has 0 saturated carbocycles. The zero-order valence-corrected chi connectivity index (χ0v) is 8.88. The van der Waals surface area contributed by atoms with E-state index in [2.05, 4.69) is 4.98 Å². The van der Waals surface area contributed by atoms with Gasteiger partial charge in [-0.1, -0.05) is 30.3 Å². The maximum atomic E-state index is 11.6. The molecule has 0 radical (unpaired) electrons. The van der Waals surface area contributed by atoms with Crippen LogP contribution in [0.1, 0.15) is 0 Å². The highest BCUT2D eigenvalue weighted by Crippen LogP contribution is 2.15. The third-order valence-electron chi connectivity index (χ3n) is 2.33. The van der Waals surface area contributed by atoms with Gasteiger partial charge in [0.2, 0.25) is 0 Å². The van der Waals surface area contributed by atoms with Gasteiger partial charge < -0.3 is 0 Å². The summed E-state index contributed by atoms with van der Waals surface area (Å²) in [6.45, 7) is -0.0974. The third-order valence-corrected chi connectivity index (χ3v) is 2.33. The monoisotopic (exact) mass is 227 g/mol. The first-order valence-electron chi connectivity index (χ1n) is 4.99. The van der Waals surface area contributed by atoms with Gasteiger partial charge in [-0.25, -0.2) is 4.79 Å². The number of nitrogens with zero attached hydrogens (tertiary/aromatic N) is 2. The molecule has 5 heteroatoms. The molecule has 2 rings (SSSR count). The molecule has 0 spiro atoms. The van der Waals surface area contributed by atoms with Crippen molar-refractivity contribution in [3.05, 3.63) is 57.2 Å². The quantitative estimate of drug-likeness (QED) is 0.821. The van der Waals surface area contributed by atoms with Crippen LogP contribution in [0, 0.1) is 11.3 Å². The molecule has 84 valence electrons. The van der Waals surface area contributed by atoms with E-state index < -0.39 is 11.2 Å². The predicted molar refractivity (Wildman–Crippen MR) is 62.4 cm³/mol. The summed E-state index contributed by atoms with van der Waals surface area (Å²) in [6.07, 6.45) is 0. The molecule has 0 saturated heterocycles. The molecule has 2 aromatic rings. The van der Waals surface area contributed by atoms with Crippen molar-refractivity contribution in [1.82, 2.24) is 9.55 Å². The van der Waals surface area contributed by atoms with Gasteiger partial charge in [-0.3, -0.25) is 14.3 Å². The van der Waals surface area contributed by atoms with E-state index in [0.717, 1.165) is 5.56 Å². The summed E-state index contributed by atoms with van der Waals surface area (Å²) in [4.78, 5) is 25.0. The summed E-state index contributed by atoms with van der Waals surface area (Å²) >= 11 is 0. The van der Waals surface area contributed by atoms with Crippen molar-refractivity contribution in [2.24, 2.45) is 0 Å². The standard InChI is InChI=1S/C12H9N3O2/c13-6-7-15-10(8-11(16)14-12(15)17)9-4-2-1-3-5-9/h1-5,8H,7H2,(H,14,16,17). The van der Waals surface area contributed by atoms with Gasteiger partial charge in [-0.15, -0.1) is 0 Å². The minimum atomic E-state index is -0.571. The van der Waals surface area contributed by atoms with Gasteiger partial charge in [-0.2, -0.15) is 5.26 Å². The van der Waals surface area contributed by atoms with Crippen molar-refractivity contribution in [2.75, 3.05) is 0 Å². The van der Waals surface area contributed by atoms with Crippen molar-refractivity contribution in [3.63, 3.8) is 0 Å². The van der Waals surface area contributed by atoms with Gasteiger partial charge >= 0.3 is 5.69 Å². The summed E-state index contributed by atoms with van der Waals surface area (Å²) in [6, 6.07) is 12.2. The Morgan fingerprint density at radius 3 is 2.59 bits per heavy atom. The molecule has 1 aromatic carbocycles. The number of nitrogens with one attached hydrogen (secondary N) is 1. The minimum absolute atomic E-state index is 0.0974. The molecule has 0 aliphatic rings. The van der Waals surface area contributed by atoms with Crippen molar-refractivity contribution < 1.29 is 0 Å². The lowest BCUT2D eigenvalue weighted by molar-refractivity contribution is 0.753. The van der Waals surface area contributed by atoms with Gasteiger partial charge in [0.1, 0.15) is 6.54 Å². The van der Waals surface area contributed by atoms with Crippen LogP contribution < -0.4 is 11.2 Å². The minimum Gasteiger partial charge on any atom is -0.280 e. The summed E-state index contributed by atoms with van der Waals surface area (Å²) in [5.74, 6) is 0. The second-order valence-corrected chi connectivity index (χ2v) is 3.43. The summed E-state index contributed by atoms with van der Waals surface area (Å²) in [5.41, 5.74) is 0.132. The van der Waals surface area contributed by atoms with Crippen molar-refractivity contribution in [1.29, 1.82) is 5.26 Å². The molecule has 0 atom stereocenters. The smallest absolute Gasteiger partial charge is 0.280 e. The van der Waals surface area contributed by atoms with Crippen LogP contribution in [0.4, 0.5) is 0 Å². The highest BCUT2D eigenvalue weighted by molar-refractivity contribution is 5.58. The first-order chi connectivity index (χ1) is 8.22. The lowest BCUT2D eigenvalue weighted by Crippen LogP contribution is -2.30. The number of hydrogen-bond donors (Lipinski definition) is 1. The van der Waals surface area contributed by atoms with Gasteiger partial charge in [0.05, 0.1) is 11.8 Å². The Kier molecular flexibility index (Phi) is 2.88. The summed E-state index contributed by atoms with van der Waals surface area (Å²) in [7, 11) is 0. The van der Waals surface area contributed by atoms with E-state index in [0.29, 0.717) is 5.69 Å². The molecule has 17 heavy (non-hydrogen) atoms. The molecule has 1 heterocycles. The topological polar surface area (TPSA) is 78.7 Å². The number of aromatic amines is 1. The van der Waals surface area contributed by atoms with Crippen LogP contribution in [0.3, 0.4) is 0 Å². The van der Waals surface area contributed by atoms with Crippen LogP contribution in [0.25, 0.3) is 11.3 Å². The number of H-pyrrole nitrogens is 1. The molecular weight excluding hydrogens is 218 g/mol. The number of nitriles is 1. The van der Waals surface area contributed by atoms with Crippen LogP contribution in [0.2, 0.25) is 0 Å². The number of hydrogen-bond acceptors (Lipinski definition) is 3. The largest absolute Gasteiger partial charge is 0.329 e. The van der Waals surface area contributed by atoms with Crippen LogP contribution in [0.15, 0.2) is 46.0 Å². The summed E-state index contributed by atoms with van der Waals surface area (Å²) in [5, 5.41) is 8.68. The lowest BCUT2D eigenvalue weighted by Gasteiger charge is -2.08. The molecule has 0 fully saturated rings. The fourth-order valence-electron chi connectivity index (χ4n) is 1.60. The van der Waals surface area contributed by atoms with Crippen molar-refractivity contribution in [2.45, 2.75) is 6.54 Å². The van der Waals surface area contributed by atoms with Crippen LogP contribution in [-0.2, 0) is 6.54 Å². The Hall–Kier alpha value is -2.61. The highest BCUT2D eigenvalue weighted by atomic mass is 16.2. The number of aromatic nitrogens is 2. The van der Waals surface area contributed by atoms with Gasteiger partial charge in [0.25, 0.3) is 5.56 Å². The fraction of sp³-hybridized carbons (Fsp3) is 0.0833. The number of rotatable bonds is 2. The molecule has 5 nitrogen and oxygen atoms in total. The Labute approximate surface area is 96.6 Å². The summed E-state index contributed by atoms with van der Waals surface area (Å²) < 4.78 is 1.23. The first kappa shape index (κ1) is 10.9. The third kappa shape index (κ3) is 2.16. The average Bonchev–Trinajstić information content (AvgIpc) is 2.33. The zero-order chi connectivity index (χ0) is 12.3. The van der Waals surface area contributed by atoms with E-state index in [1.807, 2.05) is 12.1 Å². The van der Waals surface area contributed by atoms with E-state index in [1.165, 1.54) is 10.6 Å². The highest BCUT2D eigenvalue weighted by Gasteiger charge is 2.07. The average molecular weight is 227 g/mol. The molecule has 0 aliphatic carbocycles.